The summed E-state index contributed by atoms with van der Waals surface area (Å²) in [6.45, 7) is 4.40. The van der Waals surface area contributed by atoms with Crippen molar-refractivity contribution in [2.24, 2.45) is 0 Å². The maximum absolute atomic E-state index is 12.1. The summed E-state index contributed by atoms with van der Waals surface area (Å²) in [5, 5.41) is 8.49. The number of hydrogen-bond acceptors (Lipinski definition) is 5. The van der Waals surface area contributed by atoms with Crippen LogP contribution in [0.3, 0.4) is 0 Å². The third kappa shape index (κ3) is 2.49. The summed E-state index contributed by atoms with van der Waals surface area (Å²) in [6, 6.07) is 5.58. The first kappa shape index (κ1) is 14.9. The first-order valence-corrected chi connectivity index (χ1v) is 8.66. The Morgan fingerprint density at radius 2 is 2.16 bits per heavy atom. The summed E-state index contributed by atoms with van der Waals surface area (Å²) < 4.78 is 11.6. The van der Waals surface area contributed by atoms with Gasteiger partial charge in [0, 0.05) is 19.6 Å². The number of aromatic amines is 1. The van der Waals surface area contributed by atoms with E-state index in [4.69, 9.17) is 9.47 Å². The van der Waals surface area contributed by atoms with E-state index < -0.39 is 0 Å². The molecule has 2 aliphatic heterocycles. The first-order valence-electron chi connectivity index (χ1n) is 8.66. The van der Waals surface area contributed by atoms with Gasteiger partial charge in [-0.25, -0.2) is 5.10 Å². The number of H-pyrrole nitrogens is 1. The quantitative estimate of drug-likeness (QED) is 0.901. The van der Waals surface area contributed by atoms with Crippen molar-refractivity contribution in [2.75, 3.05) is 32.8 Å². The molecule has 2 unspecified atom stereocenters. The Hall–Kier alpha value is -2.44. The van der Waals surface area contributed by atoms with Crippen molar-refractivity contribution in [3.8, 4) is 5.75 Å². The lowest BCUT2D eigenvalue weighted by Gasteiger charge is -2.33. The molecule has 1 N–H and O–H groups in total. The number of aromatic nitrogens is 2. The second-order valence-electron chi connectivity index (χ2n) is 6.71. The Morgan fingerprint density at radius 1 is 1.28 bits per heavy atom. The van der Waals surface area contributed by atoms with E-state index in [1.807, 2.05) is 18.2 Å². The molecule has 3 heterocycles. The van der Waals surface area contributed by atoms with E-state index in [2.05, 4.69) is 33.3 Å². The van der Waals surface area contributed by atoms with Crippen LogP contribution >= 0.6 is 0 Å². The van der Waals surface area contributed by atoms with Gasteiger partial charge < -0.3 is 9.47 Å². The van der Waals surface area contributed by atoms with E-state index in [1.165, 1.54) is 5.57 Å². The highest BCUT2D eigenvalue weighted by atomic mass is 16.5. The largest absolute Gasteiger partial charge is 0.485 e. The third-order valence-corrected chi connectivity index (χ3v) is 5.14. The average Bonchev–Trinajstić information content (AvgIpc) is 2.65. The molecule has 6 heteroatoms. The number of benzene rings is 1. The van der Waals surface area contributed by atoms with Gasteiger partial charge in [-0.05, 0) is 23.8 Å². The molecule has 1 aliphatic carbocycles. The molecule has 1 saturated heterocycles. The summed E-state index contributed by atoms with van der Waals surface area (Å²) >= 11 is 0. The normalized spacial score (nSPS) is 25.4. The van der Waals surface area contributed by atoms with Gasteiger partial charge in [0.1, 0.15) is 11.9 Å². The number of nitrogens with zero attached hydrogens (tertiary/aromatic N) is 2. The molecule has 0 radical (unpaired) electrons. The zero-order valence-corrected chi connectivity index (χ0v) is 13.8. The fourth-order valence-electron chi connectivity index (χ4n) is 3.89. The molecule has 2 aromatic rings. The van der Waals surface area contributed by atoms with Gasteiger partial charge in [0.15, 0.2) is 0 Å². The van der Waals surface area contributed by atoms with Crippen molar-refractivity contribution >= 4 is 10.8 Å². The third-order valence-electron chi connectivity index (χ3n) is 5.14. The summed E-state index contributed by atoms with van der Waals surface area (Å²) in [7, 11) is 0. The van der Waals surface area contributed by atoms with Crippen molar-refractivity contribution in [2.45, 2.75) is 12.0 Å². The topological polar surface area (TPSA) is 67.5 Å². The Morgan fingerprint density at radius 3 is 3.04 bits per heavy atom. The van der Waals surface area contributed by atoms with E-state index in [1.54, 1.807) is 0 Å². The van der Waals surface area contributed by atoms with Gasteiger partial charge in [-0.15, -0.1) is 0 Å². The van der Waals surface area contributed by atoms with Gasteiger partial charge in [0.25, 0.3) is 5.56 Å². The Bertz CT molecular complexity index is 941. The van der Waals surface area contributed by atoms with Crippen LogP contribution in [-0.4, -0.2) is 54.0 Å². The smallest absolute Gasteiger partial charge is 0.272 e. The van der Waals surface area contributed by atoms with Gasteiger partial charge in [0.2, 0.25) is 0 Å². The summed E-state index contributed by atoms with van der Waals surface area (Å²) in [5.41, 5.74) is 1.98. The lowest BCUT2D eigenvalue weighted by atomic mass is 9.86. The second kappa shape index (κ2) is 5.82. The molecular weight excluding hydrogens is 318 g/mol. The van der Waals surface area contributed by atoms with Gasteiger partial charge >= 0.3 is 0 Å². The molecule has 1 fully saturated rings. The second-order valence-corrected chi connectivity index (χ2v) is 6.71. The SMILES string of the molecule is O=c1[nH]nc2c3c(cccc13)OC1C=CC(CN3CCOCC3)=CC21. The molecule has 3 aliphatic rings. The van der Waals surface area contributed by atoms with Crippen LogP contribution < -0.4 is 10.3 Å². The van der Waals surface area contributed by atoms with Gasteiger partial charge in [-0.2, -0.15) is 5.10 Å². The van der Waals surface area contributed by atoms with Crippen LogP contribution in [-0.2, 0) is 4.74 Å². The lowest BCUT2D eigenvalue weighted by Crippen LogP contribution is -2.38. The molecule has 0 amide bonds. The number of hydrogen-bond donors (Lipinski definition) is 1. The van der Waals surface area contributed by atoms with Gasteiger partial charge in [-0.3, -0.25) is 9.69 Å². The van der Waals surface area contributed by atoms with E-state index >= 15 is 0 Å². The molecule has 25 heavy (non-hydrogen) atoms. The number of fused-ring (bicyclic) bond motifs is 2. The summed E-state index contributed by atoms with van der Waals surface area (Å²) in [6.07, 6.45) is 6.41. The van der Waals surface area contributed by atoms with Crippen molar-refractivity contribution in [3.63, 3.8) is 0 Å². The zero-order chi connectivity index (χ0) is 16.8. The highest BCUT2D eigenvalue weighted by Gasteiger charge is 2.33. The molecule has 5 rings (SSSR count). The van der Waals surface area contributed by atoms with Crippen molar-refractivity contribution < 1.29 is 9.47 Å². The average molecular weight is 337 g/mol. The van der Waals surface area contributed by atoms with Crippen LogP contribution in [0, 0.1) is 0 Å². The highest BCUT2D eigenvalue weighted by molar-refractivity contribution is 5.91. The van der Waals surface area contributed by atoms with Crippen molar-refractivity contribution in [1.82, 2.24) is 15.1 Å². The maximum atomic E-state index is 12.1. The van der Waals surface area contributed by atoms with Crippen LogP contribution in [0.1, 0.15) is 11.6 Å². The van der Waals surface area contributed by atoms with Crippen LogP contribution in [0.4, 0.5) is 0 Å². The fraction of sp³-hybridized carbons (Fsp3) is 0.368. The van der Waals surface area contributed by atoms with Crippen LogP contribution in [0.5, 0.6) is 5.75 Å². The number of morpholine rings is 1. The van der Waals surface area contributed by atoms with Crippen LogP contribution in [0.2, 0.25) is 0 Å². The molecular formula is C19H19N3O3. The van der Waals surface area contributed by atoms with Crippen molar-refractivity contribution in [1.29, 1.82) is 0 Å². The predicted octanol–water partition coefficient (Wildman–Crippen LogP) is 1.60. The van der Waals surface area contributed by atoms with Crippen molar-refractivity contribution in [3.05, 3.63) is 58.0 Å². The molecule has 128 valence electrons. The molecule has 1 aromatic heterocycles. The Balaban J connectivity index is 1.54. The van der Waals surface area contributed by atoms with E-state index in [-0.39, 0.29) is 17.6 Å². The number of nitrogens with one attached hydrogen (secondary N) is 1. The fourth-order valence-corrected chi connectivity index (χ4v) is 3.89. The minimum Gasteiger partial charge on any atom is -0.485 e. The standard InChI is InChI=1S/C19H19N3O3/c23-19-13-2-1-3-16-17(13)18(20-21-19)14-10-12(4-5-15(14)25-16)11-22-6-8-24-9-7-22/h1-5,10,14-15H,6-9,11H2,(H,21,23). The number of ether oxygens (including phenoxy) is 2. The molecule has 0 saturated carbocycles. The van der Waals surface area contributed by atoms with Gasteiger partial charge in [0.05, 0.1) is 35.6 Å². The Labute approximate surface area is 144 Å². The molecule has 0 bridgehead atoms. The number of rotatable bonds is 2. The molecule has 0 spiro atoms. The highest BCUT2D eigenvalue weighted by Crippen LogP contribution is 2.41. The lowest BCUT2D eigenvalue weighted by molar-refractivity contribution is 0.0424. The molecule has 1 aromatic carbocycles. The molecule has 6 nitrogen and oxygen atoms in total. The minimum absolute atomic E-state index is 0.0234. The minimum atomic E-state index is -0.175. The van der Waals surface area contributed by atoms with E-state index in [0.717, 1.165) is 49.7 Å². The molecule has 2 atom stereocenters. The summed E-state index contributed by atoms with van der Waals surface area (Å²) in [4.78, 5) is 14.5. The van der Waals surface area contributed by atoms with Gasteiger partial charge in [-0.1, -0.05) is 18.2 Å². The van der Waals surface area contributed by atoms with E-state index in [9.17, 15) is 4.79 Å². The summed E-state index contributed by atoms with van der Waals surface area (Å²) in [5.74, 6) is 0.761. The predicted molar refractivity (Wildman–Crippen MR) is 94.0 cm³/mol. The van der Waals surface area contributed by atoms with Crippen LogP contribution in [0.15, 0.2) is 46.8 Å². The maximum Gasteiger partial charge on any atom is 0.272 e. The van der Waals surface area contributed by atoms with E-state index in [0.29, 0.717) is 5.39 Å². The van der Waals surface area contributed by atoms with Crippen LogP contribution in [0.25, 0.3) is 10.8 Å². The first-order chi connectivity index (χ1) is 12.3. The zero-order valence-electron chi connectivity index (χ0n) is 13.8. The Kier molecular flexibility index (Phi) is 3.46. The monoisotopic (exact) mass is 337 g/mol.